The number of halogens is 1. The normalized spacial score (nSPS) is 15.5. The number of amides is 1. The summed E-state index contributed by atoms with van der Waals surface area (Å²) in [4.78, 5) is 12.8. The fraction of sp³-hybridized carbons (Fsp3) is 0.158. The van der Waals surface area contributed by atoms with E-state index in [2.05, 4.69) is 5.10 Å². The molecule has 0 saturated carbocycles. The molecule has 1 amide bonds. The predicted molar refractivity (Wildman–Crippen MR) is 99.6 cm³/mol. The van der Waals surface area contributed by atoms with Crippen LogP contribution >= 0.6 is 11.6 Å². The molecule has 0 fully saturated rings. The molecule has 3 rings (SSSR count). The van der Waals surface area contributed by atoms with Crippen LogP contribution in [0.15, 0.2) is 53.1 Å². The first kappa shape index (κ1) is 17.0. The van der Waals surface area contributed by atoms with Crippen molar-refractivity contribution in [2.45, 2.75) is 6.92 Å². The first-order valence-electron chi connectivity index (χ1n) is 7.63. The highest BCUT2D eigenvalue weighted by Gasteiger charge is 2.29. The Morgan fingerprint density at radius 2 is 1.80 bits per heavy atom. The van der Waals surface area contributed by atoms with Crippen molar-refractivity contribution in [3.8, 4) is 11.5 Å². The Morgan fingerprint density at radius 1 is 1.08 bits per heavy atom. The van der Waals surface area contributed by atoms with E-state index in [1.165, 1.54) is 5.01 Å². The Kier molecular flexibility index (Phi) is 4.76. The topological polar surface area (TPSA) is 51.1 Å². The van der Waals surface area contributed by atoms with Crippen molar-refractivity contribution in [1.82, 2.24) is 0 Å². The van der Waals surface area contributed by atoms with E-state index >= 15 is 0 Å². The van der Waals surface area contributed by atoms with Gasteiger partial charge in [-0.1, -0.05) is 11.6 Å². The lowest BCUT2D eigenvalue weighted by Gasteiger charge is -2.12. The van der Waals surface area contributed by atoms with E-state index in [0.29, 0.717) is 33.5 Å². The molecule has 0 radical (unpaired) electrons. The van der Waals surface area contributed by atoms with Crippen LogP contribution in [0.4, 0.5) is 5.69 Å². The van der Waals surface area contributed by atoms with Crippen LogP contribution in [-0.4, -0.2) is 25.8 Å². The second kappa shape index (κ2) is 6.99. The molecule has 2 aromatic rings. The number of rotatable bonds is 4. The van der Waals surface area contributed by atoms with E-state index in [0.717, 1.165) is 5.56 Å². The Balaban J connectivity index is 1.96. The number of carbonyl (C=O) groups excluding carboxylic acids is 1. The summed E-state index contributed by atoms with van der Waals surface area (Å²) in [7, 11) is 3.17. The lowest BCUT2D eigenvalue weighted by Crippen LogP contribution is -2.21. The zero-order valence-electron chi connectivity index (χ0n) is 14.1. The summed E-state index contributed by atoms with van der Waals surface area (Å²) in [6, 6.07) is 12.4. The molecular formula is C19H17ClN2O3. The van der Waals surface area contributed by atoms with E-state index in [1.54, 1.807) is 57.6 Å². The van der Waals surface area contributed by atoms with Crippen molar-refractivity contribution in [2.24, 2.45) is 5.10 Å². The predicted octanol–water partition coefficient (Wildman–Crippen LogP) is 4.16. The number of ether oxygens (including phenoxy) is 2. The lowest BCUT2D eigenvalue weighted by molar-refractivity contribution is -0.114. The third-order valence-electron chi connectivity index (χ3n) is 3.87. The molecule has 1 aliphatic rings. The molecule has 128 valence electrons. The molecule has 0 unspecified atom stereocenters. The van der Waals surface area contributed by atoms with Gasteiger partial charge in [0.15, 0.2) is 0 Å². The SMILES string of the molecule is COc1ccc(/C=C2/C(=O)N(c3ccc(Cl)cc3)N=C2C)c(OC)c1. The van der Waals surface area contributed by atoms with E-state index in [-0.39, 0.29) is 5.91 Å². The van der Waals surface area contributed by atoms with Crippen molar-refractivity contribution in [3.63, 3.8) is 0 Å². The molecule has 0 aliphatic carbocycles. The van der Waals surface area contributed by atoms with Gasteiger partial charge < -0.3 is 9.47 Å². The number of benzene rings is 2. The van der Waals surface area contributed by atoms with Gasteiger partial charge in [0.1, 0.15) is 11.5 Å². The maximum Gasteiger partial charge on any atom is 0.280 e. The summed E-state index contributed by atoms with van der Waals surface area (Å²) in [5.74, 6) is 1.11. The number of nitrogens with zero attached hydrogens (tertiary/aromatic N) is 2. The molecule has 25 heavy (non-hydrogen) atoms. The number of methoxy groups -OCH3 is 2. The maximum atomic E-state index is 12.8. The second-order valence-corrected chi connectivity index (χ2v) is 5.88. The highest BCUT2D eigenvalue weighted by atomic mass is 35.5. The molecule has 5 nitrogen and oxygen atoms in total. The third kappa shape index (κ3) is 3.37. The van der Waals surface area contributed by atoms with Gasteiger partial charge in [-0.05, 0) is 49.4 Å². The van der Waals surface area contributed by atoms with Crippen LogP contribution in [0.5, 0.6) is 11.5 Å². The van der Waals surface area contributed by atoms with Crippen molar-refractivity contribution >= 4 is 35.0 Å². The van der Waals surface area contributed by atoms with Gasteiger partial charge in [0.25, 0.3) is 5.91 Å². The summed E-state index contributed by atoms with van der Waals surface area (Å²) in [5.41, 5.74) is 2.59. The number of hydrazone groups is 1. The van der Waals surface area contributed by atoms with Crippen LogP contribution in [0.1, 0.15) is 12.5 Å². The maximum absolute atomic E-state index is 12.8. The van der Waals surface area contributed by atoms with Crippen LogP contribution in [0.3, 0.4) is 0 Å². The third-order valence-corrected chi connectivity index (χ3v) is 4.13. The van der Waals surface area contributed by atoms with E-state index in [4.69, 9.17) is 21.1 Å². The molecule has 6 heteroatoms. The number of hydrogen-bond acceptors (Lipinski definition) is 4. The molecule has 0 spiro atoms. The lowest BCUT2D eigenvalue weighted by atomic mass is 10.1. The summed E-state index contributed by atoms with van der Waals surface area (Å²) in [6.07, 6.45) is 1.77. The van der Waals surface area contributed by atoms with Crippen molar-refractivity contribution in [3.05, 3.63) is 58.6 Å². The van der Waals surface area contributed by atoms with Gasteiger partial charge >= 0.3 is 0 Å². The summed E-state index contributed by atoms with van der Waals surface area (Å²) >= 11 is 5.90. The summed E-state index contributed by atoms with van der Waals surface area (Å²) < 4.78 is 10.6. The van der Waals surface area contributed by atoms with Gasteiger partial charge in [0, 0.05) is 16.7 Å². The van der Waals surface area contributed by atoms with Crippen LogP contribution < -0.4 is 14.5 Å². The molecule has 0 aromatic heterocycles. The first-order chi connectivity index (χ1) is 12.0. The summed E-state index contributed by atoms with van der Waals surface area (Å²) in [6.45, 7) is 1.80. The van der Waals surface area contributed by atoms with Crippen LogP contribution in [0.25, 0.3) is 6.08 Å². The number of anilines is 1. The first-order valence-corrected chi connectivity index (χ1v) is 8.00. The van der Waals surface area contributed by atoms with Crippen LogP contribution in [-0.2, 0) is 4.79 Å². The average Bonchev–Trinajstić information content (AvgIpc) is 2.91. The molecule has 0 bridgehead atoms. The van der Waals surface area contributed by atoms with Crippen molar-refractivity contribution < 1.29 is 14.3 Å². The highest BCUT2D eigenvalue weighted by Crippen LogP contribution is 2.30. The Hall–Kier alpha value is -2.79. The zero-order valence-corrected chi connectivity index (χ0v) is 14.9. The highest BCUT2D eigenvalue weighted by molar-refractivity contribution is 6.32. The van der Waals surface area contributed by atoms with Gasteiger partial charge in [-0.25, -0.2) is 0 Å². The summed E-state index contributed by atoms with van der Waals surface area (Å²) in [5, 5.41) is 6.33. The Bertz CT molecular complexity index is 873. The fourth-order valence-electron chi connectivity index (χ4n) is 2.53. The molecular weight excluding hydrogens is 340 g/mol. The molecule has 1 aliphatic heterocycles. The van der Waals surface area contributed by atoms with Gasteiger partial charge in [-0.2, -0.15) is 10.1 Å². The zero-order chi connectivity index (χ0) is 18.0. The van der Waals surface area contributed by atoms with Crippen molar-refractivity contribution in [1.29, 1.82) is 0 Å². The standard InChI is InChI=1S/C19H17ClN2O3/c1-12-17(10-13-4-9-16(24-2)11-18(13)25-3)19(23)22(21-12)15-7-5-14(20)6-8-15/h4-11H,1-3H3/b17-10+. The van der Waals surface area contributed by atoms with Crippen molar-refractivity contribution in [2.75, 3.05) is 19.2 Å². The molecule has 0 saturated heterocycles. The Morgan fingerprint density at radius 3 is 2.44 bits per heavy atom. The van der Waals surface area contributed by atoms with Gasteiger partial charge in [0.2, 0.25) is 0 Å². The second-order valence-electron chi connectivity index (χ2n) is 5.44. The average molecular weight is 357 g/mol. The minimum absolute atomic E-state index is 0.197. The number of carbonyl (C=O) groups is 1. The van der Waals surface area contributed by atoms with E-state index in [1.807, 2.05) is 12.1 Å². The van der Waals surface area contributed by atoms with Crippen LogP contribution in [0.2, 0.25) is 5.02 Å². The molecule has 2 aromatic carbocycles. The van der Waals surface area contributed by atoms with E-state index in [9.17, 15) is 4.79 Å². The van der Waals surface area contributed by atoms with Gasteiger partial charge in [-0.15, -0.1) is 0 Å². The smallest absolute Gasteiger partial charge is 0.280 e. The molecule has 0 N–H and O–H groups in total. The molecule has 0 atom stereocenters. The van der Waals surface area contributed by atoms with Crippen LogP contribution in [0, 0.1) is 0 Å². The van der Waals surface area contributed by atoms with Gasteiger partial charge in [0.05, 0.1) is 31.2 Å². The van der Waals surface area contributed by atoms with Gasteiger partial charge in [-0.3, -0.25) is 4.79 Å². The minimum atomic E-state index is -0.197. The Labute approximate surface area is 151 Å². The molecule has 1 heterocycles. The quantitative estimate of drug-likeness (QED) is 0.773. The van der Waals surface area contributed by atoms with E-state index < -0.39 is 0 Å². The largest absolute Gasteiger partial charge is 0.497 e. The minimum Gasteiger partial charge on any atom is -0.497 e. The fourth-order valence-corrected chi connectivity index (χ4v) is 2.66. The number of hydrogen-bond donors (Lipinski definition) is 0. The monoisotopic (exact) mass is 356 g/mol.